The van der Waals surface area contributed by atoms with Gasteiger partial charge in [-0.25, -0.2) is 0 Å². The monoisotopic (exact) mass is 266 g/mol. The second-order valence-electron chi connectivity index (χ2n) is 6.56. The molecule has 2 saturated carbocycles. The van der Waals surface area contributed by atoms with Gasteiger partial charge in [0.1, 0.15) is 0 Å². The minimum Gasteiger partial charge on any atom is -0.353 e. The molecule has 2 aliphatic rings. The average Bonchev–Trinajstić information content (AvgIpc) is 2.81. The first kappa shape index (κ1) is 14.8. The summed E-state index contributed by atoms with van der Waals surface area (Å²) in [6.07, 6.45) is 14.3. The van der Waals surface area contributed by atoms with Crippen molar-refractivity contribution in [2.45, 2.75) is 83.1 Å². The zero-order valence-electron chi connectivity index (χ0n) is 12.3. The van der Waals surface area contributed by atoms with Crippen LogP contribution in [0.5, 0.6) is 0 Å². The molecule has 2 fully saturated rings. The highest BCUT2D eigenvalue weighted by Crippen LogP contribution is 2.34. The van der Waals surface area contributed by atoms with Gasteiger partial charge in [-0.15, -0.1) is 0 Å². The van der Waals surface area contributed by atoms with Gasteiger partial charge in [-0.05, 0) is 25.7 Å². The fourth-order valence-electron chi connectivity index (χ4n) is 3.69. The van der Waals surface area contributed by atoms with Gasteiger partial charge >= 0.3 is 0 Å². The Balaban J connectivity index is 1.94. The third-order valence-corrected chi connectivity index (χ3v) is 5.12. The smallest absolute Gasteiger partial charge is 0.227 e. The number of nitrogens with two attached hydrogens (primary N) is 1. The molecule has 19 heavy (non-hydrogen) atoms. The Labute approximate surface area is 117 Å². The first-order valence-corrected chi connectivity index (χ1v) is 8.28. The fourth-order valence-corrected chi connectivity index (χ4v) is 3.69. The molecule has 0 aromatic carbocycles. The van der Waals surface area contributed by atoms with Gasteiger partial charge in [-0.2, -0.15) is 0 Å². The normalized spacial score (nSPS) is 25.3. The van der Waals surface area contributed by atoms with Crippen LogP contribution in [0.15, 0.2) is 0 Å². The van der Waals surface area contributed by atoms with Gasteiger partial charge in [0.15, 0.2) is 0 Å². The Kier molecular flexibility index (Phi) is 5.68. The summed E-state index contributed by atoms with van der Waals surface area (Å²) in [6, 6.07) is 0.404. The summed E-state index contributed by atoms with van der Waals surface area (Å²) in [5.41, 5.74) is 5.72. The SMILES string of the molecule is NCC1(C(=O)NC2CCCCCC2)CCCCCC1. The maximum absolute atomic E-state index is 12.7. The Morgan fingerprint density at radius 2 is 1.47 bits per heavy atom. The molecule has 0 saturated heterocycles. The third kappa shape index (κ3) is 3.95. The van der Waals surface area contributed by atoms with Crippen molar-refractivity contribution in [3.8, 4) is 0 Å². The molecular weight excluding hydrogens is 236 g/mol. The van der Waals surface area contributed by atoms with Crippen LogP contribution in [0.2, 0.25) is 0 Å². The summed E-state index contributed by atoms with van der Waals surface area (Å²) >= 11 is 0. The molecular formula is C16H30N2O. The summed E-state index contributed by atoms with van der Waals surface area (Å²) < 4.78 is 0. The highest BCUT2D eigenvalue weighted by atomic mass is 16.2. The number of amides is 1. The van der Waals surface area contributed by atoms with Crippen molar-refractivity contribution >= 4 is 5.91 Å². The number of carbonyl (C=O) groups excluding carboxylic acids is 1. The van der Waals surface area contributed by atoms with Crippen LogP contribution in [0.25, 0.3) is 0 Å². The first-order chi connectivity index (χ1) is 9.27. The minimum absolute atomic E-state index is 0.254. The maximum atomic E-state index is 12.7. The molecule has 0 radical (unpaired) electrons. The summed E-state index contributed by atoms with van der Waals surface area (Å²) in [7, 11) is 0. The van der Waals surface area contributed by atoms with Crippen molar-refractivity contribution in [3.63, 3.8) is 0 Å². The second-order valence-corrected chi connectivity index (χ2v) is 6.56. The quantitative estimate of drug-likeness (QED) is 0.771. The van der Waals surface area contributed by atoms with Crippen LogP contribution in [0.4, 0.5) is 0 Å². The van der Waals surface area contributed by atoms with Crippen LogP contribution >= 0.6 is 0 Å². The van der Waals surface area contributed by atoms with Crippen LogP contribution in [0.3, 0.4) is 0 Å². The van der Waals surface area contributed by atoms with Crippen molar-refractivity contribution < 1.29 is 4.79 Å². The Hall–Kier alpha value is -0.570. The zero-order valence-corrected chi connectivity index (χ0v) is 12.3. The molecule has 0 spiro atoms. The lowest BCUT2D eigenvalue weighted by atomic mass is 9.79. The fraction of sp³-hybridized carbons (Fsp3) is 0.938. The van der Waals surface area contributed by atoms with Gasteiger partial charge in [0.2, 0.25) is 5.91 Å². The third-order valence-electron chi connectivity index (χ3n) is 5.12. The van der Waals surface area contributed by atoms with Crippen molar-refractivity contribution in [3.05, 3.63) is 0 Å². The van der Waals surface area contributed by atoms with Gasteiger partial charge in [0, 0.05) is 12.6 Å². The predicted molar refractivity (Wildman–Crippen MR) is 78.8 cm³/mol. The molecule has 3 heteroatoms. The van der Waals surface area contributed by atoms with E-state index in [0.717, 1.165) is 38.5 Å². The summed E-state index contributed by atoms with van der Waals surface area (Å²) in [6.45, 7) is 0.519. The van der Waals surface area contributed by atoms with Gasteiger partial charge in [0.25, 0.3) is 0 Å². The van der Waals surface area contributed by atoms with Crippen LogP contribution in [0, 0.1) is 5.41 Å². The second kappa shape index (κ2) is 7.28. The molecule has 110 valence electrons. The number of carbonyl (C=O) groups is 1. The lowest BCUT2D eigenvalue weighted by Gasteiger charge is -2.32. The molecule has 3 nitrogen and oxygen atoms in total. The van der Waals surface area contributed by atoms with Crippen LogP contribution in [-0.4, -0.2) is 18.5 Å². The Morgan fingerprint density at radius 3 is 2.00 bits per heavy atom. The lowest BCUT2D eigenvalue weighted by Crippen LogP contribution is -2.49. The lowest BCUT2D eigenvalue weighted by molar-refractivity contribution is -0.132. The molecule has 0 unspecified atom stereocenters. The van der Waals surface area contributed by atoms with E-state index in [1.165, 1.54) is 38.5 Å². The van der Waals surface area contributed by atoms with Crippen LogP contribution in [-0.2, 0) is 4.79 Å². The summed E-state index contributed by atoms with van der Waals surface area (Å²) in [5.74, 6) is 0.254. The number of rotatable bonds is 3. The summed E-state index contributed by atoms with van der Waals surface area (Å²) in [5, 5.41) is 3.33. The highest BCUT2D eigenvalue weighted by Gasteiger charge is 2.37. The molecule has 0 aromatic rings. The molecule has 0 aliphatic heterocycles. The Bertz CT molecular complexity index is 274. The van der Waals surface area contributed by atoms with E-state index in [9.17, 15) is 4.79 Å². The molecule has 2 rings (SSSR count). The molecule has 2 aliphatic carbocycles. The summed E-state index contributed by atoms with van der Waals surface area (Å²) in [4.78, 5) is 12.7. The maximum Gasteiger partial charge on any atom is 0.227 e. The topological polar surface area (TPSA) is 55.1 Å². The van der Waals surface area contributed by atoms with E-state index >= 15 is 0 Å². The first-order valence-electron chi connectivity index (χ1n) is 8.28. The average molecular weight is 266 g/mol. The van der Waals surface area contributed by atoms with E-state index in [2.05, 4.69) is 5.32 Å². The molecule has 0 aromatic heterocycles. The van der Waals surface area contributed by atoms with Crippen molar-refractivity contribution in [1.82, 2.24) is 5.32 Å². The Morgan fingerprint density at radius 1 is 0.947 bits per heavy atom. The highest BCUT2D eigenvalue weighted by molar-refractivity contribution is 5.83. The van der Waals surface area contributed by atoms with Gasteiger partial charge < -0.3 is 11.1 Å². The van der Waals surface area contributed by atoms with Gasteiger partial charge in [-0.1, -0.05) is 51.4 Å². The van der Waals surface area contributed by atoms with Crippen molar-refractivity contribution in [2.75, 3.05) is 6.54 Å². The van der Waals surface area contributed by atoms with Gasteiger partial charge in [0.05, 0.1) is 5.41 Å². The van der Waals surface area contributed by atoms with Crippen LogP contribution < -0.4 is 11.1 Å². The molecule has 1 amide bonds. The van der Waals surface area contributed by atoms with E-state index in [-0.39, 0.29) is 11.3 Å². The van der Waals surface area contributed by atoms with E-state index in [4.69, 9.17) is 5.73 Å². The van der Waals surface area contributed by atoms with Crippen molar-refractivity contribution in [1.29, 1.82) is 0 Å². The molecule has 0 atom stereocenters. The largest absolute Gasteiger partial charge is 0.353 e. The van der Waals surface area contributed by atoms with Gasteiger partial charge in [-0.3, -0.25) is 4.79 Å². The van der Waals surface area contributed by atoms with Crippen LogP contribution in [0.1, 0.15) is 77.0 Å². The number of hydrogen-bond donors (Lipinski definition) is 2. The van der Waals surface area contributed by atoms with Crippen molar-refractivity contribution in [2.24, 2.45) is 11.1 Å². The molecule has 0 bridgehead atoms. The number of nitrogens with one attached hydrogen (secondary N) is 1. The van der Waals surface area contributed by atoms with E-state index in [0.29, 0.717) is 12.6 Å². The van der Waals surface area contributed by atoms with E-state index in [1.807, 2.05) is 0 Å². The molecule has 3 N–H and O–H groups in total. The zero-order chi connectivity index (χ0) is 13.6. The van der Waals surface area contributed by atoms with E-state index in [1.54, 1.807) is 0 Å². The predicted octanol–water partition coefficient (Wildman–Crippen LogP) is 3.12. The standard InChI is InChI=1S/C16H30N2O/c17-13-16(11-7-3-4-8-12-16)15(19)18-14-9-5-1-2-6-10-14/h14H,1-13,17H2,(H,18,19). The minimum atomic E-state index is -0.261. The number of hydrogen-bond acceptors (Lipinski definition) is 2. The molecule has 0 heterocycles. The van der Waals surface area contributed by atoms with E-state index < -0.39 is 0 Å².